The predicted molar refractivity (Wildman–Crippen MR) is 55.6 cm³/mol. The number of aliphatic hydroxyl groups excluding tert-OH is 1. The molecule has 0 bridgehead atoms. The summed E-state index contributed by atoms with van der Waals surface area (Å²) < 4.78 is 4.81. The summed E-state index contributed by atoms with van der Waals surface area (Å²) in [5, 5.41) is 27.3. The van der Waals surface area contributed by atoms with Gasteiger partial charge >= 0.3 is 5.97 Å². The van der Waals surface area contributed by atoms with Gasteiger partial charge in [-0.1, -0.05) is 0 Å². The summed E-state index contributed by atoms with van der Waals surface area (Å²) in [5.74, 6) is -1.36. The van der Waals surface area contributed by atoms with Gasteiger partial charge in [-0.25, -0.2) is 4.79 Å². The molecule has 5 N–H and O–H groups in total. The normalized spacial score (nSPS) is 12.2. The molecule has 0 aliphatic rings. The maximum atomic E-state index is 10.9. The molecule has 0 amide bonds. The average Bonchev–Trinajstić information content (AvgIpc) is 2.27. The second-order valence-corrected chi connectivity index (χ2v) is 3.21. The first kappa shape index (κ1) is 12.3. The summed E-state index contributed by atoms with van der Waals surface area (Å²) in [5.41, 5.74) is 5.57. The van der Waals surface area contributed by atoms with E-state index in [4.69, 9.17) is 20.7 Å². The number of hydrogen-bond donors (Lipinski definition) is 4. The average molecular weight is 227 g/mol. The van der Waals surface area contributed by atoms with Gasteiger partial charge in [0.2, 0.25) is 0 Å². The summed E-state index contributed by atoms with van der Waals surface area (Å²) in [6.45, 7) is -0.390. The Morgan fingerprint density at radius 1 is 1.56 bits per heavy atom. The molecule has 16 heavy (non-hydrogen) atoms. The number of ether oxygens (including phenoxy) is 1. The van der Waals surface area contributed by atoms with E-state index in [1.165, 1.54) is 13.2 Å². The number of aromatic hydroxyl groups is 1. The molecule has 0 spiro atoms. The Morgan fingerprint density at radius 2 is 2.19 bits per heavy atom. The summed E-state index contributed by atoms with van der Waals surface area (Å²) in [6.07, 6.45) is 0. The number of phenols is 1. The van der Waals surface area contributed by atoms with Crippen LogP contribution in [0.1, 0.15) is 22.0 Å². The molecule has 1 unspecified atom stereocenters. The third-order valence-electron chi connectivity index (χ3n) is 2.18. The van der Waals surface area contributed by atoms with Gasteiger partial charge in [-0.05, 0) is 6.07 Å². The van der Waals surface area contributed by atoms with Crippen LogP contribution in [0, 0.1) is 0 Å². The van der Waals surface area contributed by atoms with E-state index >= 15 is 0 Å². The van der Waals surface area contributed by atoms with E-state index in [0.29, 0.717) is 0 Å². The van der Waals surface area contributed by atoms with Crippen LogP contribution >= 0.6 is 0 Å². The van der Waals surface area contributed by atoms with Gasteiger partial charge in [0.25, 0.3) is 0 Å². The van der Waals surface area contributed by atoms with E-state index < -0.39 is 12.0 Å². The zero-order valence-corrected chi connectivity index (χ0v) is 8.67. The fourth-order valence-electron chi connectivity index (χ4n) is 1.32. The molecule has 1 aromatic carbocycles. The van der Waals surface area contributed by atoms with Crippen molar-refractivity contribution >= 4 is 5.97 Å². The second-order valence-electron chi connectivity index (χ2n) is 3.21. The lowest BCUT2D eigenvalue weighted by molar-refractivity contribution is 0.0693. The highest BCUT2D eigenvalue weighted by atomic mass is 16.5. The maximum Gasteiger partial charge on any atom is 0.339 e. The predicted octanol–water partition coefficient (Wildman–Crippen LogP) is 0.0911. The third-order valence-corrected chi connectivity index (χ3v) is 2.18. The van der Waals surface area contributed by atoms with E-state index in [-0.39, 0.29) is 29.2 Å². The number of carbonyl (C=O) groups is 1. The number of aromatic carboxylic acids is 1. The van der Waals surface area contributed by atoms with Crippen molar-refractivity contribution in [3.8, 4) is 11.5 Å². The molecule has 88 valence electrons. The van der Waals surface area contributed by atoms with Crippen LogP contribution in [-0.4, -0.2) is 35.0 Å². The summed E-state index contributed by atoms with van der Waals surface area (Å²) >= 11 is 0. The maximum absolute atomic E-state index is 10.9. The summed E-state index contributed by atoms with van der Waals surface area (Å²) in [4.78, 5) is 10.9. The van der Waals surface area contributed by atoms with Gasteiger partial charge in [0.15, 0.2) is 0 Å². The molecule has 6 heteroatoms. The highest BCUT2D eigenvalue weighted by Crippen LogP contribution is 2.31. The van der Waals surface area contributed by atoms with E-state index in [2.05, 4.69) is 0 Å². The van der Waals surface area contributed by atoms with Crippen molar-refractivity contribution in [2.75, 3.05) is 13.7 Å². The molecule has 6 nitrogen and oxygen atoms in total. The van der Waals surface area contributed by atoms with Gasteiger partial charge in [-0.2, -0.15) is 0 Å². The summed E-state index contributed by atoms with van der Waals surface area (Å²) in [7, 11) is 1.30. The minimum absolute atomic E-state index is 0.0406. The van der Waals surface area contributed by atoms with Crippen LogP contribution in [0.15, 0.2) is 12.1 Å². The Morgan fingerprint density at radius 3 is 2.62 bits per heavy atom. The monoisotopic (exact) mass is 227 g/mol. The molecule has 1 rings (SSSR count). The lowest BCUT2D eigenvalue weighted by atomic mass is 10.0. The van der Waals surface area contributed by atoms with E-state index in [1.807, 2.05) is 0 Å². The van der Waals surface area contributed by atoms with Crippen LogP contribution < -0.4 is 10.5 Å². The second kappa shape index (κ2) is 4.82. The minimum atomic E-state index is -1.19. The first-order valence-electron chi connectivity index (χ1n) is 4.51. The Labute approximate surface area is 91.9 Å². The van der Waals surface area contributed by atoms with E-state index in [1.54, 1.807) is 0 Å². The number of rotatable bonds is 4. The first-order valence-corrected chi connectivity index (χ1v) is 4.51. The standard InChI is InChI=1S/C10H13NO5/c1-16-9-3-8(13)5(7(11)4-12)2-6(9)10(14)15/h2-3,7,12-13H,4,11H2,1H3,(H,14,15). The van der Waals surface area contributed by atoms with Gasteiger partial charge in [-0.15, -0.1) is 0 Å². The fraction of sp³-hybridized carbons (Fsp3) is 0.300. The van der Waals surface area contributed by atoms with Crippen LogP contribution in [0.2, 0.25) is 0 Å². The van der Waals surface area contributed by atoms with Crippen molar-refractivity contribution in [1.82, 2.24) is 0 Å². The SMILES string of the molecule is COc1cc(O)c(C(N)CO)cc1C(=O)O. The zero-order chi connectivity index (χ0) is 12.3. The van der Waals surface area contributed by atoms with Crippen molar-refractivity contribution in [2.45, 2.75) is 6.04 Å². The number of carboxylic acid groups (broad SMARTS) is 1. The lowest BCUT2D eigenvalue weighted by Crippen LogP contribution is -2.15. The van der Waals surface area contributed by atoms with Crippen LogP contribution in [0.4, 0.5) is 0 Å². The number of hydrogen-bond acceptors (Lipinski definition) is 5. The number of nitrogens with two attached hydrogens (primary N) is 1. The molecular formula is C10H13NO5. The molecule has 0 aromatic heterocycles. The van der Waals surface area contributed by atoms with Crippen LogP contribution in [0.3, 0.4) is 0 Å². The van der Waals surface area contributed by atoms with Gasteiger partial charge in [0.05, 0.1) is 19.8 Å². The van der Waals surface area contributed by atoms with Gasteiger partial charge < -0.3 is 25.8 Å². The zero-order valence-electron chi connectivity index (χ0n) is 8.67. The number of methoxy groups -OCH3 is 1. The molecule has 1 aromatic rings. The summed E-state index contributed by atoms with van der Waals surface area (Å²) in [6, 6.07) is 1.52. The molecule has 0 heterocycles. The van der Waals surface area contributed by atoms with Gasteiger partial charge in [0.1, 0.15) is 17.1 Å². The van der Waals surface area contributed by atoms with Crippen molar-refractivity contribution in [2.24, 2.45) is 5.73 Å². The van der Waals surface area contributed by atoms with Crippen molar-refractivity contribution in [3.05, 3.63) is 23.3 Å². The van der Waals surface area contributed by atoms with Gasteiger partial charge in [0, 0.05) is 11.6 Å². The van der Waals surface area contributed by atoms with Crippen molar-refractivity contribution in [1.29, 1.82) is 0 Å². The highest BCUT2D eigenvalue weighted by Gasteiger charge is 2.18. The van der Waals surface area contributed by atoms with Crippen LogP contribution in [-0.2, 0) is 0 Å². The van der Waals surface area contributed by atoms with Crippen molar-refractivity contribution in [3.63, 3.8) is 0 Å². The molecule has 1 atom stereocenters. The van der Waals surface area contributed by atoms with E-state index in [0.717, 1.165) is 6.07 Å². The van der Waals surface area contributed by atoms with Gasteiger partial charge in [-0.3, -0.25) is 0 Å². The topological polar surface area (TPSA) is 113 Å². The smallest absolute Gasteiger partial charge is 0.339 e. The van der Waals surface area contributed by atoms with Crippen molar-refractivity contribution < 1.29 is 24.9 Å². The largest absolute Gasteiger partial charge is 0.507 e. The van der Waals surface area contributed by atoms with E-state index in [9.17, 15) is 9.90 Å². The molecule has 0 saturated heterocycles. The highest BCUT2D eigenvalue weighted by molar-refractivity contribution is 5.91. The quantitative estimate of drug-likeness (QED) is 0.579. The number of benzene rings is 1. The first-order chi connectivity index (χ1) is 7.51. The molecule has 0 saturated carbocycles. The number of aliphatic hydroxyl groups is 1. The molecule has 0 aliphatic heterocycles. The Hall–Kier alpha value is -1.79. The molecule has 0 radical (unpaired) electrons. The fourth-order valence-corrected chi connectivity index (χ4v) is 1.32. The number of phenolic OH excluding ortho intramolecular Hbond substituents is 1. The Balaban J connectivity index is 3.33. The minimum Gasteiger partial charge on any atom is -0.507 e. The van der Waals surface area contributed by atoms with Crippen LogP contribution in [0.25, 0.3) is 0 Å². The lowest BCUT2D eigenvalue weighted by Gasteiger charge is -2.13. The Bertz CT molecular complexity index is 404. The van der Waals surface area contributed by atoms with Crippen LogP contribution in [0.5, 0.6) is 11.5 Å². The molecular weight excluding hydrogens is 214 g/mol. The Kier molecular flexibility index (Phi) is 3.70. The number of carboxylic acids is 1. The molecule has 0 aliphatic carbocycles. The molecule has 0 fully saturated rings. The third kappa shape index (κ3) is 2.23.